The third kappa shape index (κ3) is 2.89. The van der Waals surface area contributed by atoms with Gasteiger partial charge >= 0.3 is 0 Å². The minimum atomic E-state index is 0.583. The summed E-state index contributed by atoms with van der Waals surface area (Å²) in [4.78, 5) is 11.5. The van der Waals surface area contributed by atoms with Crippen molar-refractivity contribution in [3.8, 4) is 10.4 Å². The SMILES string of the molecule is Cc1nc(SCc2nnc(C)o2)c2c(-c3cccs3)csc2n1. The van der Waals surface area contributed by atoms with Crippen molar-refractivity contribution < 1.29 is 4.42 Å². The molecule has 0 N–H and O–H groups in total. The summed E-state index contributed by atoms with van der Waals surface area (Å²) >= 11 is 4.99. The molecule has 0 saturated carbocycles. The van der Waals surface area contributed by atoms with Gasteiger partial charge in [-0.2, -0.15) is 0 Å². The van der Waals surface area contributed by atoms with E-state index < -0.39 is 0 Å². The second kappa shape index (κ2) is 6.03. The van der Waals surface area contributed by atoms with Crippen LogP contribution in [0.25, 0.3) is 20.7 Å². The Morgan fingerprint density at radius 2 is 2.09 bits per heavy atom. The first kappa shape index (κ1) is 14.8. The Morgan fingerprint density at radius 1 is 1.17 bits per heavy atom. The predicted molar refractivity (Wildman–Crippen MR) is 94.1 cm³/mol. The van der Waals surface area contributed by atoms with E-state index in [4.69, 9.17) is 4.42 Å². The summed E-state index contributed by atoms with van der Waals surface area (Å²) in [5.74, 6) is 2.58. The van der Waals surface area contributed by atoms with Gasteiger partial charge in [0.25, 0.3) is 0 Å². The minimum absolute atomic E-state index is 0.583. The molecule has 4 aromatic rings. The molecule has 0 amide bonds. The topological polar surface area (TPSA) is 64.7 Å². The number of aromatic nitrogens is 4. The van der Waals surface area contributed by atoms with Crippen LogP contribution >= 0.6 is 34.4 Å². The van der Waals surface area contributed by atoms with Crippen LogP contribution in [0.5, 0.6) is 0 Å². The van der Waals surface area contributed by atoms with Gasteiger partial charge in [0, 0.05) is 22.7 Å². The van der Waals surface area contributed by atoms with Crippen molar-refractivity contribution in [2.24, 2.45) is 0 Å². The Labute approximate surface area is 144 Å². The zero-order chi connectivity index (χ0) is 15.8. The monoisotopic (exact) mass is 360 g/mol. The maximum Gasteiger partial charge on any atom is 0.226 e. The van der Waals surface area contributed by atoms with Crippen LogP contribution in [0.2, 0.25) is 0 Å². The molecule has 5 nitrogen and oxygen atoms in total. The van der Waals surface area contributed by atoms with Crippen LogP contribution in [0.4, 0.5) is 0 Å². The lowest BCUT2D eigenvalue weighted by Gasteiger charge is -2.04. The van der Waals surface area contributed by atoms with Gasteiger partial charge in [-0.1, -0.05) is 17.8 Å². The van der Waals surface area contributed by atoms with E-state index in [1.54, 1.807) is 41.4 Å². The van der Waals surface area contributed by atoms with Crippen molar-refractivity contribution in [2.75, 3.05) is 0 Å². The molecule has 0 aliphatic heterocycles. The Bertz CT molecular complexity index is 959. The molecule has 8 heteroatoms. The summed E-state index contributed by atoms with van der Waals surface area (Å²) in [5, 5.41) is 14.2. The summed E-state index contributed by atoms with van der Waals surface area (Å²) in [7, 11) is 0. The molecule has 116 valence electrons. The molecule has 0 aliphatic carbocycles. The van der Waals surface area contributed by atoms with E-state index in [0.29, 0.717) is 17.5 Å². The number of hydrogen-bond acceptors (Lipinski definition) is 8. The molecule has 0 aromatic carbocycles. The van der Waals surface area contributed by atoms with Gasteiger partial charge in [-0.25, -0.2) is 9.97 Å². The van der Waals surface area contributed by atoms with Crippen LogP contribution in [0.1, 0.15) is 17.6 Å². The molecule has 0 atom stereocenters. The third-order valence-corrected chi connectivity index (χ3v) is 5.93. The number of thioether (sulfide) groups is 1. The molecular weight excluding hydrogens is 348 g/mol. The molecule has 0 spiro atoms. The smallest absolute Gasteiger partial charge is 0.226 e. The zero-order valence-electron chi connectivity index (χ0n) is 12.4. The minimum Gasteiger partial charge on any atom is -0.425 e. The fraction of sp³-hybridized carbons (Fsp3) is 0.200. The summed E-state index contributed by atoms with van der Waals surface area (Å²) in [5.41, 5.74) is 1.20. The van der Waals surface area contributed by atoms with Crippen molar-refractivity contribution in [3.63, 3.8) is 0 Å². The number of fused-ring (bicyclic) bond motifs is 1. The first-order chi connectivity index (χ1) is 11.2. The van der Waals surface area contributed by atoms with Crippen LogP contribution in [-0.4, -0.2) is 20.2 Å². The fourth-order valence-corrected chi connectivity index (χ4v) is 5.05. The second-order valence-corrected chi connectivity index (χ2v) is 7.66. The third-order valence-electron chi connectivity index (χ3n) is 3.20. The van der Waals surface area contributed by atoms with Crippen molar-refractivity contribution in [1.82, 2.24) is 20.2 Å². The number of rotatable bonds is 4. The lowest BCUT2D eigenvalue weighted by molar-refractivity contribution is 0.485. The van der Waals surface area contributed by atoms with E-state index in [-0.39, 0.29) is 0 Å². The highest BCUT2D eigenvalue weighted by Crippen LogP contribution is 2.40. The number of thiophene rings is 2. The van der Waals surface area contributed by atoms with E-state index in [2.05, 4.69) is 43.1 Å². The second-order valence-electron chi connectivity index (χ2n) is 4.89. The first-order valence-corrected chi connectivity index (χ1v) is 9.66. The molecule has 4 rings (SSSR count). The quantitative estimate of drug-likeness (QED) is 0.388. The van der Waals surface area contributed by atoms with Gasteiger partial charge in [0.2, 0.25) is 11.8 Å². The van der Waals surface area contributed by atoms with Gasteiger partial charge in [-0.3, -0.25) is 0 Å². The summed E-state index contributed by atoms with van der Waals surface area (Å²) in [6.07, 6.45) is 0. The molecule has 4 heterocycles. The molecule has 0 radical (unpaired) electrons. The van der Waals surface area contributed by atoms with Crippen molar-refractivity contribution in [3.05, 3.63) is 40.5 Å². The van der Waals surface area contributed by atoms with Gasteiger partial charge in [0.15, 0.2) is 0 Å². The highest BCUT2D eigenvalue weighted by Gasteiger charge is 2.16. The van der Waals surface area contributed by atoms with E-state index in [0.717, 1.165) is 21.1 Å². The van der Waals surface area contributed by atoms with Gasteiger partial charge < -0.3 is 4.42 Å². The number of nitrogens with zero attached hydrogens (tertiary/aromatic N) is 4. The van der Waals surface area contributed by atoms with Crippen molar-refractivity contribution in [1.29, 1.82) is 0 Å². The van der Waals surface area contributed by atoms with Crippen LogP contribution in [-0.2, 0) is 5.75 Å². The van der Waals surface area contributed by atoms with Crippen LogP contribution in [0.3, 0.4) is 0 Å². The Hall–Kier alpha value is -1.77. The van der Waals surface area contributed by atoms with E-state index in [1.807, 2.05) is 6.92 Å². The summed E-state index contributed by atoms with van der Waals surface area (Å²) < 4.78 is 5.45. The highest BCUT2D eigenvalue weighted by atomic mass is 32.2. The maximum absolute atomic E-state index is 5.45. The average Bonchev–Trinajstić information content (AvgIpc) is 3.23. The average molecular weight is 360 g/mol. The van der Waals surface area contributed by atoms with Crippen LogP contribution in [0.15, 0.2) is 32.3 Å². The van der Waals surface area contributed by atoms with E-state index in [1.165, 1.54) is 10.4 Å². The van der Waals surface area contributed by atoms with E-state index in [9.17, 15) is 0 Å². The molecule has 0 aliphatic rings. The lowest BCUT2D eigenvalue weighted by Crippen LogP contribution is -1.92. The molecular formula is C15H12N4OS3. The number of hydrogen-bond donors (Lipinski definition) is 0. The lowest BCUT2D eigenvalue weighted by atomic mass is 10.2. The van der Waals surface area contributed by atoms with Gasteiger partial charge in [0.05, 0.1) is 11.1 Å². The highest BCUT2D eigenvalue weighted by molar-refractivity contribution is 7.98. The molecule has 0 fully saturated rings. The predicted octanol–water partition coefficient (Wildman–Crippen LogP) is 4.71. The number of aryl methyl sites for hydroxylation is 2. The van der Waals surface area contributed by atoms with E-state index >= 15 is 0 Å². The molecule has 23 heavy (non-hydrogen) atoms. The maximum atomic E-state index is 5.45. The van der Waals surface area contributed by atoms with Gasteiger partial charge in [-0.15, -0.1) is 32.9 Å². The molecule has 0 unspecified atom stereocenters. The zero-order valence-corrected chi connectivity index (χ0v) is 14.9. The molecule has 0 bridgehead atoms. The molecule has 0 saturated heterocycles. The van der Waals surface area contributed by atoms with Crippen molar-refractivity contribution >= 4 is 44.7 Å². The normalized spacial score (nSPS) is 11.4. The van der Waals surface area contributed by atoms with Crippen LogP contribution < -0.4 is 0 Å². The van der Waals surface area contributed by atoms with Gasteiger partial charge in [0.1, 0.15) is 15.7 Å². The summed E-state index contributed by atoms with van der Waals surface area (Å²) in [6, 6.07) is 4.19. The van der Waals surface area contributed by atoms with Gasteiger partial charge in [-0.05, 0) is 18.4 Å². The van der Waals surface area contributed by atoms with Crippen LogP contribution in [0, 0.1) is 13.8 Å². The fourth-order valence-electron chi connectivity index (χ4n) is 2.26. The summed E-state index contributed by atoms with van der Waals surface area (Å²) in [6.45, 7) is 3.72. The molecule has 4 aromatic heterocycles. The Morgan fingerprint density at radius 3 is 2.83 bits per heavy atom. The van der Waals surface area contributed by atoms with Crippen molar-refractivity contribution in [2.45, 2.75) is 24.6 Å². The standard InChI is InChI=1S/C15H12N4OS3/c1-8-16-14-13(10(6-22-14)11-4-3-5-21-11)15(17-8)23-7-12-19-18-9(2)20-12/h3-6H,7H2,1-2H3. The Kier molecular flexibility index (Phi) is 3.88. The first-order valence-electron chi connectivity index (χ1n) is 6.92. The largest absolute Gasteiger partial charge is 0.425 e. The Balaban J connectivity index is 1.76.